The van der Waals surface area contributed by atoms with Gasteiger partial charge in [-0.05, 0) is 44.2 Å². The van der Waals surface area contributed by atoms with Crippen molar-refractivity contribution in [1.29, 1.82) is 0 Å². The van der Waals surface area contributed by atoms with E-state index in [0.717, 1.165) is 13.0 Å². The maximum atomic E-state index is 12.2. The fourth-order valence-corrected chi connectivity index (χ4v) is 2.51. The average molecular weight is 323 g/mol. The molecule has 1 aliphatic rings. The Kier molecular flexibility index (Phi) is 6.23. The van der Waals surface area contributed by atoms with Crippen LogP contribution in [-0.4, -0.2) is 24.8 Å². The Balaban J connectivity index is 0.00000200. The van der Waals surface area contributed by atoms with Crippen molar-refractivity contribution < 1.29 is 13.6 Å². The molecule has 0 saturated carbocycles. The Morgan fingerprint density at radius 1 is 1.40 bits per heavy atom. The number of carbonyl (C=O) groups is 1. The molecule has 1 fully saturated rings. The summed E-state index contributed by atoms with van der Waals surface area (Å²) in [5, 5.41) is 5.99. The first-order valence-electron chi connectivity index (χ1n) is 6.07. The quantitative estimate of drug-likeness (QED) is 0.835. The molecular weight excluding hydrogens is 306 g/mol. The van der Waals surface area contributed by atoms with Gasteiger partial charge in [0.05, 0.1) is 5.41 Å². The van der Waals surface area contributed by atoms with Crippen LogP contribution in [0.5, 0.6) is 0 Å². The van der Waals surface area contributed by atoms with E-state index in [9.17, 15) is 13.6 Å². The number of halogens is 3. The SMILES string of the molecule is CC1(C(=O)Nc2ccc(SC(F)F)cc2)CCNC1.Cl. The Morgan fingerprint density at radius 3 is 2.55 bits per heavy atom. The summed E-state index contributed by atoms with van der Waals surface area (Å²) in [6, 6.07) is 6.46. The second-order valence-corrected chi connectivity index (χ2v) is 5.91. The number of rotatable bonds is 4. The minimum atomic E-state index is -2.43. The van der Waals surface area contributed by atoms with E-state index in [1.54, 1.807) is 24.3 Å². The lowest BCUT2D eigenvalue weighted by molar-refractivity contribution is -0.123. The summed E-state index contributed by atoms with van der Waals surface area (Å²) < 4.78 is 24.3. The van der Waals surface area contributed by atoms with Crippen LogP contribution in [0.4, 0.5) is 14.5 Å². The van der Waals surface area contributed by atoms with E-state index in [0.29, 0.717) is 28.9 Å². The van der Waals surface area contributed by atoms with Crippen molar-refractivity contribution in [2.75, 3.05) is 18.4 Å². The lowest BCUT2D eigenvalue weighted by Crippen LogP contribution is -2.35. The molecule has 1 heterocycles. The summed E-state index contributed by atoms with van der Waals surface area (Å²) in [7, 11) is 0. The molecule has 0 radical (unpaired) electrons. The summed E-state index contributed by atoms with van der Waals surface area (Å²) >= 11 is 0.495. The van der Waals surface area contributed by atoms with Crippen LogP contribution in [0.15, 0.2) is 29.2 Å². The maximum Gasteiger partial charge on any atom is 0.288 e. The molecule has 1 aromatic carbocycles. The summed E-state index contributed by atoms with van der Waals surface area (Å²) in [4.78, 5) is 12.6. The monoisotopic (exact) mass is 322 g/mol. The molecule has 1 amide bonds. The van der Waals surface area contributed by atoms with Crippen molar-refractivity contribution in [1.82, 2.24) is 5.32 Å². The minimum Gasteiger partial charge on any atom is -0.326 e. The molecule has 0 bridgehead atoms. The van der Waals surface area contributed by atoms with Crippen LogP contribution in [0, 0.1) is 5.41 Å². The third-order valence-electron chi connectivity index (χ3n) is 3.25. The van der Waals surface area contributed by atoms with Gasteiger partial charge in [0.25, 0.3) is 5.76 Å². The molecule has 1 unspecified atom stereocenters. The molecule has 2 rings (SSSR count). The zero-order valence-electron chi connectivity index (χ0n) is 11.0. The molecule has 3 nitrogen and oxygen atoms in total. The van der Waals surface area contributed by atoms with E-state index in [2.05, 4.69) is 10.6 Å². The minimum absolute atomic E-state index is 0. The van der Waals surface area contributed by atoms with E-state index in [-0.39, 0.29) is 18.3 Å². The highest BCUT2D eigenvalue weighted by Gasteiger charge is 2.36. The molecule has 20 heavy (non-hydrogen) atoms. The largest absolute Gasteiger partial charge is 0.326 e. The van der Waals surface area contributed by atoms with E-state index in [1.165, 1.54) is 0 Å². The fourth-order valence-electron chi connectivity index (χ4n) is 2.01. The van der Waals surface area contributed by atoms with Gasteiger partial charge in [0.1, 0.15) is 0 Å². The molecule has 2 N–H and O–H groups in total. The van der Waals surface area contributed by atoms with Gasteiger partial charge in [-0.2, -0.15) is 8.78 Å². The van der Waals surface area contributed by atoms with Gasteiger partial charge in [0, 0.05) is 17.1 Å². The number of carbonyl (C=O) groups excluding carboxylic acids is 1. The number of alkyl halides is 2. The van der Waals surface area contributed by atoms with Gasteiger partial charge in [-0.15, -0.1) is 12.4 Å². The van der Waals surface area contributed by atoms with Crippen LogP contribution in [-0.2, 0) is 4.79 Å². The first kappa shape index (κ1) is 17.2. The molecule has 7 heteroatoms. The molecule has 1 aliphatic heterocycles. The smallest absolute Gasteiger partial charge is 0.288 e. The number of hydrogen-bond acceptors (Lipinski definition) is 3. The fraction of sp³-hybridized carbons (Fsp3) is 0.462. The third kappa shape index (κ3) is 4.33. The Bertz CT molecular complexity index is 450. The van der Waals surface area contributed by atoms with E-state index >= 15 is 0 Å². The number of thioether (sulfide) groups is 1. The van der Waals surface area contributed by atoms with Crippen molar-refractivity contribution in [2.45, 2.75) is 24.0 Å². The summed E-state index contributed by atoms with van der Waals surface area (Å²) in [5.74, 6) is -2.46. The van der Waals surface area contributed by atoms with Crippen molar-refractivity contribution in [3.8, 4) is 0 Å². The Hall–Kier alpha value is -0.850. The predicted octanol–water partition coefficient (Wildman–Crippen LogP) is 3.36. The highest BCUT2D eigenvalue weighted by Crippen LogP contribution is 2.28. The van der Waals surface area contributed by atoms with Crippen LogP contribution >= 0.6 is 24.2 Å². The molecule has 0 aliphatic carbocycles. The summed E-state index contributed by atoms with van der Waals surface area (Å²) in [6.07, 6.45) is 0.804. The van der Waals surface area contributed by atoms with Crippen LogP contribution < -0.4 is 10.6 Å². The van der Waals surface area contributed by atoms with E-state index < -0.39 is 11.2 Å². The van der Waals surface area contributed by atoms with E-state index in [4.69, 9.17) is 0 Å². The molecule has 1 atom stereocenters. The molecule has 112 valence electrons. The third-order valence-corrected chi connectivity index (χ3v) is 3.98. The zero-order valence-corrected chi connectivity index (χ0v) is 12.6. The van der Waals surface area contributed by atoms with Crippen molar-refractivity contribution >= 4 is 35.8 Å². The summed E-state index contributed by atoms with van der Waals surface area (Å²) in [6.45, 7) is 3.43. The van der Waals surface area contributed by atoms with Crippen LogP contribution in [0.25, 0.3) is 0 Å². The zero-order chi connectivity index (χ0) is 13.9. The Morgan fingerprint density at radius 2 is 2.05 bits per heavy atom. The lowest BCUT2D eigenvalue weighted by Gasteiger charge is -2.21. The topological polar surface area (TPSA) is 41.1 Å². The van der Waals surface area contributed by atoms with Gasteiger partial charge in [0.2, 0.25) is 5.91 Å². The number of nitrogens with one attached hydrogen (secondary N) is 2. The second kappa shape index (κ2) is 7.24. The predicted molar refractivity (Wildman–Crippen MR) is 79.8 cm³/mol. The molecule has 0 aromatic heterocycles. The average Bonchev–Trinajstić information content (AvgIpc) is 2.79. The highest BCUT2D eigenvalue weighted by molar-refractivity contribution is 7.99. The van der Waals surface area contributed by atoms with Gasteiger partial charge in [-0.25, -0.2) is 0 Å². The van der Waals surface area contributed by atoms with Crippen LogP contribution in [0.2, 0.25) is 0 Å². The summed E-state index contributed by atoms with van der Waals surface area (Å²) in [5.41, 5.74) is 0.243. The molecular formula is C13H17ClF2N2OS. The normalized spacial score (nSPS) is 21.6. The number of hydrogen-bond donors (Lipinski definition) is 2. The number of amides is 1. The maximum absolute atomic E-state index is 12.2. The van der Waals surface area contributed by atoms with Gasteiger partial charge < -0.3 is 10.6 Å². The lowest BCUT2D eigenvalue weighted by atomic mass is 9.89. The van der Waals surface area contributed by atoms with Crippen LogP contribution in [0.1, 0.15) is 13.3 Å². The molecule has 1 saturated heterocycles. The Labute approximate surface area is 127 Å². The van der Waals surface area contributed by atoms with Crippen molar-refractivity contribution in [3.05, 3.63) is 24.3 Å². The van der Waals surface area contributed by atoms with Gasteiger partial charge in [-0.1, -0.05) is 11.8 Å². The van der Waals surface area contributed by atoms with E-state index in [1.807, 2.05) is 6.92 Å². The standard InChI is InChI=1S/C13H16F2N2OS.ClH/c1-13(6-7-16-8-13)11(18)17-9-2-4-10(5-3-9)19-12(14)15;/h2-5,12,16H,6-8H2,1H3,(H,17,18);1H. The number of anilines is 1. The van der Waals surface area contributed by atoms with Crippen molar-refractivity contribution in [3.63, 3.8) is 0 Å². The second-order valence-electron chi connectivity index (χ2n) is 4.84. The van der Waals surface area contributed by atoms with Gasteiger partial charge >= 0.3 is 0 Å². The molecule has 0 spiro atoms. The number of benzene rings is 1. The first-order chi connectivity index (χ1) is 8.99. The van der Waals surface area contributed by atoms with Gasteiger partial charge in [-0.3, -0.25) is 4.79 Å². The molecule has 1 aromatic rings. The highest BCUT2D eigenvalue weighted by atomic mass is 35.5. The van der Waals surface area contributed by atoms with Gasteiger partial charge in [0.15, 0.2) is 0 Å². The van der Waals surface area contributed by atoms with Crippen LogP contribution in [0.3, 0.4) is 0 Å². The van der Waals surface area contributed by atoms with Crippen molar-refractivity contribution in [2.24, 2.45) is 5.41 Å². The first-order valence-corrected chi connectivity index (χ1v) is 6.95.